The Morgan fingerprint density at radius 2 is 1.56 bits per heavy atom. The van der Waals surface area contributed by atoms with Gasteiger partial charge in [-0.05, 0) is 81.0 Å². The van der Waals surface area contributed by atoms with Crippen molar-refractivity contribution in [3.63, 3.8) is 0 Å². The minimum absolute atomic E-state index is 0.00213. The molecule has 9 heteroatoms. The van der Waals surface area contributed by atoms with E-state index in [1.165, 1.54) is 0 Å². The second-order valence-electron chi connectivity index (χ2n) is 18.2. The number of likely N-dealkylation sites (tertiary alicyclic amines) is 1. The number of Topliss-reactive ketones (excluding diaryl/α,β-unsaturated/α-hetero) is 4. The fourth-order valence-electron chi connectivity index (χ4n) is 8.71. The monoisotopic (exact) mass is 687 g/mol. The van der Waals surface area contributed by atoms with Crippen LogP contribution in [-0.4, -0.2) is 64.9 Å². The van der Waals surface area contributed by atoms with Crippen molar-refractivity contribution >= 4 is 38.9 Å². The van der Waals surface area contributed by atoms with Crippen LogP contribution in [0.2, 0.25) is 0 Å². The lowest BCUT2D eigenvalue weighted by Gasteiger charge is -2.38. The van der Waals surface area contributed by atoms with Crippen molar-refractivity contribution in [2.45, 2.75) is 148 Å². The van der Waals surface area contributed by atoms with Crippen LogP contribution in [-0.2, 0) is 33.8 Å². The molecule has 48 heavy (non-hydrogen) atoms. The first kappa shape index (κ1) is 38.6. The number of sulfone groups is 1. The molecule has 0 bridgehead atoms. The molecule has 1 heterocycles. The van der Waals surface area contributed by atoms with E-state index in [0.29, 0.717) is 38.1 Å². The molecule has 4 fully saturated rings. The predicted octanol–water partition coefficient (Wildman–Crippen LogP) is 6.73. The van der Waals surface area contributed by atoms with Gasteiger partial charge in [-0.25, -0.2) is 8.42 Å². The zero-order valence-electron chi connectivity index (χ0n) is 30.8. The van der Waals surface area contributed by atoms with E-state index >= 15 is 0 Å². The molecule has 0 spiro atoms. The number of carbonyl (C=O) groups excluding carboxylic acids is 5. The Morgan fingerprint density at radius 3 is 2.12 bits per heavy atom. The van der Waals surface area contributed by atoms with E-state index in [4.69, 9.17) is 0 Å². The van der Waals surface area contributed by atoms with Gasteiger partial charge in [-0.15, -0.1) is 6.58 Å². The van der Waals surface area contributed by atoms with Crippen LogP contribution in [0.1, 0.15) is 132 Å². The zero-order chi connectivity index (χ0) is 36.0. The number of fused-ring (bicyclic) bond motifs is 1. The van der Waals surface area contributed by atoms with E-state index in [0.717, 1.165) is 25.7 Å². The Morgan fingerprint density at radius 1 is 0.938 bits per heavy atom. The molecule has 270 valence electrons. The van der Waals surface area contributed by atoms with Crippen molar-refractivity contribution in [1.82, 2.24) is 4.90 Å². The number of amides is 1. The standard InChI is InChI=1S/C39H61NO7S/c1-10-11-15-30(42)35(44)26(19-24-17-18-24)21-31(43)34-33-29(39(33,8)9)23-40(34)36(45)28(37(2,3)4)22-27(41)20-25-14-12-13-16-32(25)48(46,47)38(5,6)7/h10,24-26,28-29,32-34H,1,11-23H2,2-9H3/t25-,26?,28-,29+,32-,33+,34-/m1/s1. The fourth-order valence-corrected chi connectivity index (χ4v) is 10.8. The molecule has 7 atom stereocenters. The molecule has 0 aromatic carbocycles. The SMILES string of the molecule is C=CCCC(=O)C(=O)C(CC(=O)[C@@H]1[C@@H]2[C@H](CN1C(=O)[C@@H](CC(=O)C[C@H]1CCCC[C@H]1S(=O)(=O)C(C)(C)C)C(C)(C)C)C2(C)C)CC1CC1. The van der Waals surface area contributed by atoms with Gasteiger partial charge in [-0.3, -0.25) is 24.0 Å². The minimum atomic E-state index is -3.45. The number of allylic oxidation sites excluding steroid dienone is 1. The minimum Gasteiger partial charge on any atom is -0.332 e. The predicted molar refractivity (Wildman–Crippen MR) is 188 cm³/mol. The number of hydrogen-bond donors (Lipinski definition) is 0. The van der Waals surface area contributed by atoms with Crippen molar-refractivity contribution < 1.29 is 32.4 Å². The van der Waals surface area contributed by atoms with Gasteiger partial charge in [0.1, 0.15) is 5.78 Å². The Kier molecular flexibility index (Phi) is 11.4. The normalized spacial score (nSPS) is 28.2. The lowest BCUT2D eigenvalue weighted by atomic mass is 9.75. The Balaban J connectivity index is 1.53. The van der Waals surface area contributed by atoms with Crippen LogP contribution in [0, 0.1) is 46.3 Å². The van der Waals surface area contributed by atoms with Gasteiger partial charge >= 0.3 is 0 Å². The van der Waals surface area contributed by atoms with E-state index in [1.807, 2.05) is 20.8 Å². The van der Waals surface area contributed by atoms with Gasteiger partial charge in [-0.1, -0.05) is 66.4 Å². The lowest BCUT2D eigenvalue weighted by Crippen LogP contribution is -2.51. The van der Waals surface area contributed by atoms with Gasteiger partial charge < -0.3 is 4.90 Å². The number of carbonyl (C=O) groups is 5. The summed E-state index contributed by atoms with van der Waals surface area (Å²) >= 11 is 0. The molecule has 0 radical (unpaired) electrons. The highest BCUT2D eigenvalue weighted by molar-refractivity contribution is 7.93. The number of rotatable bonds is 16. The molecular formula is C39H61NO7S. The van der Waals surface area contributed by atoms with Crippen LogP contribution in [0.25, 0.3) is 0 Å². The molecule has 4 rings (SSSR count). The van der Waals surface area contributed by atoms with Gasteiger partial charge in [0.05, 0.1) is 16.0 Å². The van der Waals surface area contributed by atoms with E-state index in [9.17, 15) is 32.4 Å². The van der Waals surface area contributed by atoms with Crippen LogP contribution >= 0.6 is 0 Å². The third-order valence-corrected chi connectivity index (χ3v) is 15.3. The smallest absolute Gasteiger partial charge is 0.227 e. The van der Waals surface area contributed by atoms with Crippen molar-refractivity contribution in [2.24, 2.45) is 46.3 Å². The Hall–Kier alpha value is -2.16. The number of hydrogen-bond acceptors (Lipinski definition) is 7. The summed E-state index contributed by atoms with van der Waals surface area (Å²) in [6.07, 6.45) is 7.66. The van der Waals surface area contributed by atoms with E-state index in [1.54, 1.807) is 31.7 Å². The number of piperidine rings is 1. The first-order valence-corrected chi connectivity index (χ1v) is 19.9. The van der Waals surface area contributed by atoms with Crippen molar-refractivity contribution in [2.75, 3.05) is 6.54 Å². The summed E-state index contributed by atoms with van der Waals surface area (Å²) in [5.41, 5.74) is -0.692. The molecular weight excluding hydrogens is 626 g/mol. The second kappa shape index (κ2) is 14.2. The molecule has 1 saturated heterocycles. The van der Waals surface area contributed by atoms with Crippen LogP contribution in [0.15, 0.2) is 12.7 Å². The maximum absolute atomic E-state index is 14.5. The fraction of sp³-hybridized carbons (Fsp3) is 0.821. The second-order valence-corrected chi connectivity index (χ2v) is 21.1. The number of nitrogens with zero attached hydrogens (tertiary/aromatic N) is 1. The van der Waals surface area contributed by atoms with Crippen molar-refractivity contribution in [1.29, 1.82) is 0 Å². The summed E-state index contributed by atoms with van der Waals surface area (Å²) in [6.45, 7) is 19.3. The summed E-state index contributed by atoms with van der Waals surface area (Å²) in [4.78, 5) is 70.2. The van der Waals surface area contributed by atoms with Crippen molar-refractivity contribution in [3.8, 4) is 0 Å². The first-order valence-electron chi connectivity index (χ1n) is 18.4. The molecule has 3 saturated carbocycles. The topological polar surface area (TPSA) is 123 Å². The average Bonchev–Trinajstić information content (AvgIpc) is 3.84. The van der Waals surface area contributed by atoms with E-state index in [-0.39, 0.29) is 66.3 Å². The summed E-state index contributed by atoms with van der Waals surface area (Å²) in [6, 6.07) is -0.685. The summed E-state index contributed by atoms with van der Waals surface area (Å²) in [7, 11) is -3.45. The largest absolute Gasteiger partial charge is 0.332 e. The van der Waals surface area contributed by atoms with Crippen LogP contribution in [0.3, 0.4) is 0 Å². The highest BCUT2D eigenvalue weighted by atomic mass is 32.2. The molecule has 0 aromatic heterocycles. The molecule has 1 unspecified atom stereocenters. The molecule has 1 aliphatic heterocycles. The van der Waals surface area contributed by atoms with Crippen molar-refractivity contribution in [3.05, 3.63) is 12.7 Å². The van der Waals surface area contributed by atoms with E-state index in [2.05, 4.69) is 20.4 Å². The van der Waals surface area contributed by atoms with Crippen LogP contribution in [0.4, 0.5) is 0 Å². The van der Waals surface area contributed by atoms with Crippen LogP contribution in [0.5, 0.6) is 0 Å². The molecule has 4 aliphatic rings. The molecule has 0 aromatic rings. The quantitative estimate of drug-likeness (QED) is 0.130. The first-order chi connectivity index (χ1) is 22.1. The average molecular weight is 688 g/mol. The molecule has 1 amide bonds. The van der Waals surface area contributed by atoms with Gasteiger partial charge in [0, 0.05) is 44.1 Å². The van der Waals surface area contributed by atoms with Crippen LogP contribution < -0.4 is 0 Å². The highest BCUT2D eigenvalue weighted by Gasteiger charge is 2.69. The maximum atomic E-state index is 14.5. The Bertz CT molecular complexity index is 1390. The summed E-state index contributed by atoms with van der Waals surface area (Å²) in [5.74, 6) is -2.55. The molecule has 3 aliphatic carbocycles. The van der Waals surface area contributed by atoms with E-state index < -0.39 is 54.7 Å². The highest BCUT2D eigenvalue weighted by Crippen LogP contribution is 2.65. The lowest BCUT2D eigenvalue weighted by molar-refractivity contribution is -0.148. The summed E-state index contributed by atoms with van der Waals surface area (Å²) in [5, 5.41) is -0.566. The number of ketones is 4. The summed E-state index contributed by atoms with van der Waals surface area (Å²) < 4.78 is 26.0. The molecule has 0 N–H and O–H groups in total. The van der Waals surface area contributed by atoms with Gasteiger partial charge in [-0.2, -0.15) is 0 Å². The van der Waals surface area contributed by atoms with Gasteiger partial charge in [0.25, 0.3) is 0 Å². The van der Waals surface area contributed by atoms with Gasteiger partial charge in [0.2, 0.25) is 11.7 Å². The third-order valence-electron chi connectivity index (χ3n) is 12.2. The third kappa shape index (κ3) is 8.24. The maximum Gasteiger partial charge on any atom is 0.227 e. The zero-order valence-corrected chi connectivity index (χ0v) is 31.6. The Labute approximate surface area is 289 Å². The molecule has 8 nitrogen and oxygen atoms in total. The van der Waals surface area contributed by atoms with Gasteiger partial charge in [0.15, 0.2) is 21.4 Å².